The Morgan fingerprint density at radius 2 is 1.91 bits per heavy atom. The predicted octanol–water partition coefficient (Wildman–Crippen LogP) is 5.16. The number of carbonyl (C=O) groups is 2. The maximum absolute atomic E-state index is 13.2. The van der Waals surface area contributed by atoms with E-state index in [1.165, 1.54) is 0 Å². The zero-order valence-electron chi connectivity index (χ0n) is 17.2. The van der Waals surface area contributed by atoms with Crippen molar-refractivity contribution in [2.45, 2.75) is 6.10 Å². The first-order valence-electron chi connectivity index (χ1n) is 10.2. The molecule has 2 aliphatic heterocycles. The number of fused-ring (bicyclic) bond motifs is 2. The van der Waals surface area contributed by atoms with Gasteiger partial charge >= 0.3 is 0 Å². The van der Waals surface area contributed by atoms with Gasteiger partial charge < -0.3 is 15.0 Å². The number of Topliss-reactive ketones (excluding diaryl/α,β-unsaturated/α-hetero) is 1. The van der Waals surface area contributed by atoms with Gasteiger partial charge in [0.15, 0.2) is 5.78 Å². The summed E-state index contributed by atoms with van der Waals surface area (Å²) in [6, 6.07) is 17.5. The molecule has 0 radical (unpaired) electrons. The fourth-order valence-electron chi connectivity index (χ4n) is 3.72. The van der Waals surface area contributed by atoms with E-state index >= 15 is 0 Å². The summed E-state index contributed by atoms with van der Waals surface area (Å²) in [6.07, 6.45) is 4.71. The number of aromatic nitrogens is 1. The van der Waals surface area contributed by atoms with Crippen LogP contribution >= 0.6 is 27.5 Å². The summed E-state index contributed by atoms with van der Waals surface area (Å²) in [4.78, 5) is 32.1. The highest BCUT2D eigenvalue weighted by atomic mass is 79.9. The third kappa shape index (κ3) is 4.29. The highest BCUT2D eigenvalue weighted by Crippen LogP contribution is 2.35. The van der Waals surface area contributed by atoms with Gasteiger partial charge in [0.2, 0.25) is 0 Å². The number of hydrogen-bond donors (Lipinski definition) is 1. The molecule has 2 aromatic carbocycles. The zero-order chi connectivity index (χ0) is 22.9. The van der Waals surface area contributed by atoms with Gasteiger partial charge in [0, 0.05) is 33.2 Å². The SMILES string of the molecule is O=C(NCC1=CC2Oc3ccccc3C(=O)C2=CN1c1ccc(Br)cn1)c1ccc(Cl)cc1. The summed E-state index contributed by atoms with van der Waals surface area (Å²) in [6.45, 7) is 0.207. The van der Waals surface area contributed by atoms with Gasteiger partial charge in [0.1, 0.15) is 17.7 Å². The minimum atomic E-state index is -0.554. The van der Waals surface area contributed by atoms with Crippen molar-refractivity contribution in [3.63, 3.8) is 0 Å². The molecule has 2 aliphatic rings. The van der Waals surface area contributed by atoms with Crippen LogP contribution in [0.2, 0.25) is 5.02 Å². The molecule has 1 aromatic heterocycles. The van der Waals surface area contributed by atoms with Crippen molar-refractivity contribution in [2.24, 2.45) is 0 Å². The van der Waals surface area contributed by atoms with Crippen molar-refractivity contribution in [1.29, 1.82) is 0 Å². The number of hydrogen-bond acceptors (Lipinski definition) is 5. The summed E-state index contributed by atoms with van der Waals surface area (Å²) in [7, 11) is 0. The van der Waals surface area contributed by atoms with E-state index in [0.29, 0.717) is 33.3 Å². The molecule has 3 heterocycles. The fourth-order valence-corrected chi connectivity index (χ4v) is 4.08. The number of nitrogens with one attached hydrogen (secondary N) is 1. The smallest absolute Gasteiger partial charge is 0.251 e. The molecule has 1 unspecified atom stereocenters. The third-order valence-electron chi connectivity index (χ3n) is 5.37. The lowest BCUT2D eigenvalue weighted by Gasteiger charge is -2.34. The lowest BCUT2D eigenvalue weighted by Crippen LogP contribution is -2.39. The van der Waals surface area contributed by atoms with Crippen molar-refractivity contribution in [1.82, 2.24) is 10.3 Å². The molecular weight excluding hydrogens is 506 g/mol. The van der Waals surface area contributed by atoms with Crippen LogP contribution in [0, 0.1) is 0 Å². The molecule has 0 saturated heterocycles. The lowest BCUT2D eigenvalue weighted by atomic mass is 9.93. The molecule has 6 nitrogen and oxygen atoms in total. The van der Waals surface area contributed by atoms with Crippen LogP contribution in [-0.4, -0.2) is 29.3 Å². The summed E-state index contributed by atoms with van der Waals surface area (Å²) in [5.74, 6) is 0.824. The average Bonchev–Trinajstić information content (AvgIpc) is 2.83. The number of ether oxygens (including phenoxy) is 1. The van der Waals surface area contributed by atoms with E-state index in [9.17, 15) is 9.59 Å². The molecule has 8 heteroatoms. The van der Waals surface area contributed by atoms with Crippen molar-refractivity contribution in [3.05, 3.63) is 111 Å². The van der Waals surface area contributed by atoms with Gasteiger partial charge in [-0.3, -0.25) is 9.59 Å². The van der Waals surface area contributed by atoms with Gasteiger partial charge in [-0.15, -0.1) is 0 Å². The molecule has 0 bridgehead atoms. The lowest BCUT2D eigenvalue weighted by molar-refractivity contribution is 0.0950. The van der Waals surface area contributed by atoms with E-state index in [-0.39, 0.29) is 18.2 Å². The van der Waals surface area contributed by atoms with Crippen molar-refractivity contribution >= 4 is 45.0 Å². The molecule has 0 fully saturated rings. The molecule has 5 rings (SSSR count). The summed E-state index contributed by atoms with van der Waals surface area (Å²) < 4.78 is 6.93. The molecule has 1 atom stereocenters. The Kier molecular flexibility index (Phi) is 5.74. The summed E-state index contributed by atoms with van der Waals surface area (Å²) >= 11 is 9.32. The Morgan fingerprint density at radius 3 is 2.67 bits per heavy atom. The molecule has 33 heavy (non-hydrogen) atoms. The first-order chi connectivity index (χ1) is 16.0. The number of pyridine rings is 1. The Labute approximate surface area is 203 Å². The van der Waals surface area contributed by atoms with Crippen molar-refractivity contribution < 1.29 is 14.3 Å². The second kappa shape index (κ2) is 8.84. The number of para-hydroxylation sites is 1. The molecule has 1 amide bonds. The Morgan fingerprint density at radius 1 is 1.12 bits per heavy atom. The number of carbonyl (C=O) groups excluding carboxylic acids is 2. The number of halogens is 2. The molecule has 0 saturated carbocycles. The normalized spacial score (nSPS) is 16.7. The standard InChI is InChI=1S/C25H17BrClN3O3/c26-16-7-10-23(28-12-16)30-14-20-22(33-21-4-2-1-3-19(21)24(20)31)11-18(30)13-29-25(32)15-5-8-17(27)9-6-15/h1-12,14,22H,13H2,(H,29,32). The van der Waals surface area contributed by atoms with Gasteiger partial charge in [0.05, 0.1) is 17.7 Å². The number of ketones is 1. The van der Waals surface area contributed by atoms with Gasteiger partial charge in [-0.2, -0.15) is 0 Å². The van der Waals surface area contributed by atoms with Gasteiger partial charge in [0.25, 0.3) is 5.91 Å². The molecule has 164 valence electrons. The van der Waals surface area contributed by atoms with Gasteiger partial charge in [-0.1, -0.05) is 23.7 Å². The number of anilines is 1. The quantitative estimate of drug-likeness (QED) is 0.513. The van der Waals surface area contributed by atoms with E-state index in [1.807, 2.05) is 30.3 Å². The molecule has 0 aliphatic carbocycles. The monoisotopic (exact) mass is 521 g/mol. The van der Waals surface area contributed by atoms with Gasteiger partial charge in [-0.25, -0.2) is 4.98 Å². The maximum atomic E-state index is 13.2. The van der Waals surface area contributed by atoms with E-state index < -0.39 is 6.10 Å². The van der Waals surface area contributed by atoms with Crippen LogP contribution in [0.15, 0.2) is 94.9 Å². The van der Waals surface area contributed by atoms with Gasteiger partial charge in [-0.05, 0) is 70.5 Å². The van der Waals surface area contributed by atoms with Crippen LogP contribution in [0.5, 0.6) is 5.75 Å². The Hall–Kier alpha value is -3.42. The number of rotatable bonds is 4. The minimum absolute atomic E-state index is 0.0931. The molecule has 3 aromatic rings. The maximum Gasteiger partial charge on any atom is 0.251 e. The number of nitrogens with zero attached hydrogens (tertiary/aromatic N) is 2. The Bertz CT molecular complexity index is 1300. The topological polar surface area (TPSA) is 71.5 Å². The zero-order valence-corrected chi connectivity index (χ0v) is 19.5. The van der Waals surface area contributed by atoms with E-state index in [4.69, 9.17) is 16.3 Å². The molecule has 1 N–H and O–H groups in total. The van der Waals surface area contributed by atoms with E-state index in [2.05, 4.69) is 26.2 Å². The average molecular weight is 523 g/mol. The van der Waals surface area contributed by atoms with Crippen LogP contribution in [0.1, 0.15) is 20.7 Å². The first-order valence-corrected chi connectivity index (χ1v) is 11.3. The van der Waals surface area contributed by atoms with Crippen molar-refractivity contribution in [2.75, 3.05) is 11.4 Å². The second-order valence-corrected chi connectivity index (χ2v) is 8.85. The third-order valence-corrected chi connectivity index (χ3v) is 6.09. The summed E-state index contributed by atoms with van der Waals surface area (Å²) in [5, 5.41) is 3.49. The highest BCUT2D eigenvalue weighted by Gasteiger charge is 2.35. The fraction of sp³-hybridized carbons (Fsp3) is 0.0800. The van der Waals surface area contributed by atoms with Crippen LogP contribution in [0.3, 0.4) is 0 Å². The van der Waals surface area contributed by atoms with Crippen LogP contribution < -0.4 is 15.0 Å². The molecular formula is C25H17BrClN3O3. The predicted molar refractivity (Wildman–Crippen MR) is 130 cm³/mol. The van der Waals surface area contributed by atoms with Crippen LogP contribution in [0.4, 0.5) is 5.82 Å². The number of amides is 1. The number of benzene rings is 2. The Balaban J connectivity index is 1.47. The second-order valence-electron chi connectivity index (χ2n) is 7.50. The molecule has 0 spiro atoms. The summed E-state index contributed by atoms with van der Waals surface area (Å²) in [5.41, 5.74) is 2.26. The first kappa shape index (κ1) is 21.4. The van der Waals surface area contributed by atoms with Crippen molar-refractivity contribution in [3.8, 4) is 5.75 Å². The van der Waals surface area contributed by atoms with Crippen LogP contribution in [-0.2, 0) is 0 Å². The van der Waals surface area contributed by atoms with E-state index in [1.54, 1.807) is 53.7 Å². The van der Waals surface area contributed by atoms with Crippen LogP contribution in [0.25, 0.3) is 0 Å². The van der Waals surface area contributed by atoms with E-state index in [0.717, 1.165) is 10.2 Å². The largest absolute Gasteiger partial charge is 0.481 e. The highest BCUT2D eigenvalue weighted by molar-refractivity contribution is 9.10. The minimum Gasteiger partial charge on any atom is -0.481 e.